The molecule has 5 atom stereocenters. The highest BCUT2D eigenvalue weighted by molar-refractivity contribution is 4.83. The molecule has 0 rings (SSSR count). The molecule has 0 fully saturated rings. The van der Waals surface area contributed by atoms with E-state index in [-0.39, 0.29) is 37.4 Å². The lowest BCUT2D eigenvalue weighted by atomic mass is 9.85. The van der Waals surface area contributed by atoms with Crippen molar-refractivity contribution in [3.05, 3.63) is 12.7 Å². The van der Waals surface area contributed by atoms with Crippen molar-refractivity contribution in [2.45, 2.75) is 51.4 Å². The number of aliphatic hydroxyl groups excluding tert-OH is 2. The third kappa shape index (κ3) is 7.93. The molecule has 0 aliphatic rings. The molecule has 0 saturated carbocycles. The Labute approximate surface area is 128 Å². The minimum absolute atomic E-state index is 0.0287. The van der Waals surface area contributed by atoms with Crippen LogP contribution < -0.4 is 0 Å². The molecule has 2 N–H and O–H groups in total. The topological polar surface area (TPSA) is 68.2 Å². The summed E-state index contributed by atoms with van der Waals surface area (Å²) in [6, 6.07) is 0. The third-order valence-corrected chi connectivity index (χ3v) is 3.96. The van der Waals surface area contributed by atoms with Crippen LogP contribution in [0.15, 0.2) is 12.7 Å². The van der Waals surface area contributed by atoms with Crippen LogP contribution in [-0.2, 0) is 14.2 Å². The summed E-state index contributed by atoms with van der Waals surface area (Å²) in [6.07, 6.45) is 3.22. The van der Waals surface area contributed by atoms with Crippen molar-refractivity contribution >= 4 is 0 Å². The highest BCUT2D eigenvalue weighted by Gasteiger charge is 2.29. The first-order valence-electron chi connectivity index (χ1n) is 7.56. The molecule has 0 saturated heterocycles. The quantitative estimate of drug-likeness (QED) is 0.402. The molecule has 0 aliphatic carbocycles. The Morgan fingerprint density at radius 3 is 2.29 bits per heavy atom. The van der Waals surface area contributed by atoms with Crippen LogP contribution in [-0.4, -0.2) is 56.1 Å². The standard InChI is InChI=1S/C16H32O5/c1-6-14(20-5)8-7-12(2)16(21-11-19-4)13(3)15(18)9-10-17/h6,12-18H,1,7-11H2,2-5H3/t12-,13-,14-,15-,16-/m1/s1. The van der Waals surface area contributed by atoms with Crippen LogP contribution in [0.5, 0.6) is 0 Å². The maximum Gasteiger partial charge on any atom is 0.146 e. The predicted molar refractivity (Wildman–Crippen MR) is 83.0 cm³/mol. The molecule has 0 amide bonds. The second kappa shape index (κ2) is 12.1. The summed E-state index contributed by atoms with van der Waals surface area (Å²) in [4.78, 5) is 0. The number of hydrogen-bond acceptors (Lipinski definition) is 5. The van der Waals surface area contributed by atoms with Crippen molar-refractivity contribution in [3.63, 3.8) is 0 Å². The Morgan fingerprint density at radius 1 is 1.14 bits per heavy atom. The Balaban J connectivity index is 4.59. The molecule has 0 aromatic rings. The van der Waals surface area contributed by atoms with Crippen LogP contribution in [0.25, 0.3) is 0 Å². The second-order valence-corrected chi connectivity index (χ2v) is 5.54. The molecule has 0 aromatic heterocycles. The van der Waals surface area contributed by atoms with E-state index in [1.54, 1.807) is 20.3 Å². The molecular weight excluding hydrogens is 272 g/mol. The minimum atomic E-state index is -0.586. The first-order chi connectivity index (χ1) is 10.0. The van der Waals surface area contributed by atoms with Crippen molar-refractivity contribution in [2.24, 2.45) is 11.8 Å². The van der Waals surface area contributed by atoms with Gasteiger partial charge in [-0.15, -0.1) is 6.58 Å². The Kier molecular flexibility index (Phi) is 11.9. The summed E-state index contributed by atoms with van der Waals surface area (Å²) >= 11 is 0. The summed E-state index contributed by atoms with van der Waals surface area (Å²) < 4.78 is 16.0. The van der Waals surface area contributed by atoms with E-state index in [1.807, 2.05) is 6.92 Å². The average Bonchev–Trinajstić information content (AvgIpc) is 2.48. The molecule has 5 heteroatoms. The molecule has 0 heterocycles. The van der Waals surface area contributed by atoms with Crippen molar-refractivity contribution in [1.29, 1.82) is 0 Å². The average molecular weight is 304 g/mol. The lowest BCUT2D eigenvalue weighted by Crippen LogP contribution is -2.37. The number of ether oxygens (including phenoxy) is 3. The van der Waals surface area contributed by atoms with Crippen LogP contribution in [0.1, 0.15) is 33.1 Å². The van der Waals surface area contributed by atoms with Crippen LogP contribution in [0.4, 0.5) is 0 Å². The van der Waals surface area contributed by atoms with Gasteiger partial charge in [-0.05, 0) is 25.2 Å². The van der Waals surface area contributed by atoms with Gasteiger partial charge in [-0.3, -0.25) is 0 Å². The largest absolute Gasteiger partial charge is 0.396 e. The van der Waals surface area contributed by atoms with Crippen molar-refractivity contribution < 1.29 is 24.4 Å². The van der Waals surface area contributed by atoms with E-state index in [0.29, 0.717) is 6.42 Å². The van der Waals surface area contributed by atoms with E-state index in [0.717, 1.165) is 12.8 Å². The molecule has 0 radical (unpaired) electrons. The normalized spacial score (nSPS) is 18.8. The molecule has 0 aliphatic heterocycles. The lowest BCUT2D eigenvalue weighted by Gasteiger charge is -2.32. The molecule has 0 aromatic carbocycles. The van der Waals surface area contributed by atoms with E-state index in [4.69, 9.17) is 19.3 Å². The summed E-state index contributed by atoms with van der Waals surface area (Å²) in [5.74, 6) is 0.160. The van der Waals surface area contributed by atoms with Crippen molar-refractivity contribution in [2.75, 3.05) is 27.6 Å². The van der Waals surface area contributed by atoms with Gasteiger partial charge in [0.1, 0.15) is 6.79 Å². The van der Waals surface area contributed by atoms with Crippen LogP contribution in [0.3, 0.4) is 0 Å². The van der Waals surface area contributed by atoms with Gasteiger partial charge in [-0.25, -0.2) is 0 Å². The molecule has 5 nitrogen and oxygen atoms in total. The fraction of sp³-hybridized carbons (Fsp3) is 0.875. The third-order valence-electron chi connectivity index (χ3n) is 3.96. The Hall–Kier alpha value is -0.460. The first kappa shape index (κ1) is 20.5. The van der Waals surface area contributed by atoms with Gasteiger partial charge >= 0.3 is 0 Å². The molecule has 0 bridgehead atoms. The number of rotatable bonds is 13. The van der Waals surface area contributed by atoms with E-state index in [9.17, 15) is 5.11 Å². The van der Waals surface area contributed by atoms with Crippen LogP contribution in [0.2, 0.25) is 0 Å². The second-order valence-electron chi connectivity index (χ2n) is 5.54. The van der Waals surface area contributed by atoms with Gasteiger partial charge in [0.05, 0.1) is 18.3 Å². The number of aliphatic hydroxyl groups is 2. The summed E-state index contributed by atoms with van der Waals surface area (Å²) in [6.45, 7) is 7.95. The molecule has 0 spiro atoms. The zero-order chi connectivity index (χ0) is 16.3. The van der Waals surface area contributed by atoms with E-state index < -0.39 is 6.10 Å². The maximum absolute atomic E-state index is 10.1. The zero-order valence-corrected chi connectivity index (χ0v) is 13.8. The van der Waals surface area contributed by atoms with Gasteiger partial charge in [-0.2, -0.15) is 0 Å². The van der Waals surface area contributed by atoms with E-state index >= 15 is 0 Å². The fourth-order valence-electron chi connectivity index (χ4n) is 2.52. The van der Waals surface area contributed by atoms with Gasteiger partial charge in [0.2, 0.25) is 0 Å². The van der Waals surface area contributed by atoms with E-state index in [2.05, 4.69) is 13.5 Å². The highest BCUT2D eigenvalue weighted by Crippen LogP contribution is 2.26. The van der Waals surface area contributed by atoms with Crippen LogP contribution in [0, 0.1) is 11.8 Å². The van der Waals surface area contributed by atoms with Gasteiger partial charge in [-0.1, -0.05) is 19.9 Å². The Bertz CT molecular complexity index is 259. The van der Waals surface area contributed by atoms with Gasteiger partial charge < -0.3 is 24.4 Å². The zero-order valence-electron chi connectivity index (χ0n) is 13.8. The number of hydrogen-bond donors (Lipinski definition) is 2. The van der Waals surface area contributed by atoms with Gasteiger partial charge in [0.25, 0.3) is 0 Å². The molecule has 126 valence electrons. The van der Waals surface area contributed by atoms with E-state index in [1.165, 1.54) is 0 Å². The fourth-order valence-corrected chi connectivity index (χ4v) is 2.52. The molecular formula is C16H32O5. The van der Waals surface area contributed by atoms with Crippen molar-refractivity contribution in [1.82, 2.24) is 0 Å². The molecule has 0 unspecified atom stereocenters. The van der Waals surface area contributed by atoms with Gasteiger partial charge in [0, 0.05) is 26.7 Å². The maximum atomic E-state index is 10.1. The monoisotopic (exact) mass is 304 g/mol. The Morgan fingerprint density at radius 2 is 1.81 bits per heavy atom. The smallest absolute Gasteiger partial charge is 0.146 e. The summed E-state index contributed by atoms with van der Waals surface area (Å²) in [7, 11) is 3.25. The summed E-state index contributed by atoms with van der Waals surface area (Å²) in [5, 5.41) is 19.1. The molecule has 21 heavy (non-hydrogen) atoms. The first-order valence-corrected chi connectivity index (χ1v) is 7.56. The van der Waals surface area contributed by atoms with Crippen LogP contribution >= 0.6 is 0 Å². The number of methoxy groups -OCH3 is 2. The summed E-state index contributed by atoms with van der Waals surface area (Å²) in [5.41, 5.74) is 0. The van der Waals surface area contributed by atoms with Crippen molar-refractivity contribution in [3.8, 4) is 0 Å². The lowest BCUT2D eigenvalue weighted by molar-refractivity contribution is -0.128. The minimum Gasteiger partial charge on any atom is -0.396 e. The highest BCUT2D eigenvalue weighted by atomic mass is 16.7. The van der Waals surface area contributed by atoms with Gasteiger partial charge in [0.15, 0.2) is 0 Å². The SMILES string of the molecule is C=C[C@H](CC[C@@H](C)[C@@H](OCOC)[C@H](C)[C@H](O)CCO)OC. The predicted octanol–water partition coefficient (Wildman–Crippen LogP) is 1.97.